The van der Waals surface area contributed by atoms with Crippen LogP contribution in [0.15, 0.2) is 18.2 Å². The van der Waals surface area contributed by atoms with Crippen LogP contribution in [0.2, 0.25) is 0 Å². The Morgan fingerprint density at radius 3 is 2.52 bits per heavy atom. The summed E-state index contributed by atoms with van der Waals surface area (Å²) in [6.07, 6.45) is 0. The molecule has 1 atom stereocenters. The van der Waals surface area contributed by atoms with Crippen molar-refractivity contribution in [1.29, 1.82) is 0 Å². The van der Waals surface area contributed by atoms with Gasteiger partial charge in [-0.1, -0.05) is 12.1 Å². The SMILES string of the molecule is COc1ccc(CN[C@H](C)c2c(C)nn(C)c2C)cc1C. The Kier molecular flexibility index (Phi) is 4.68. The van der Waals surface area contributed by atoms with Crippen LogP contribution in [0.25, 0.3) is 0 Å². The zero-order valence-electron chi connectivity index (χ0n) is 13.8. The molecule has 0 bridgehead atoms. The van der Waals surface area contributed by atoms with E-state index in [1.807, 2.05) is 17.8 Å². The van der Waals surface area contributed by atoms with E-state index in [9.17, 15) is 0 Å². The lowest BCUT2D eigenvalue weighted by Gasteiger charge is -2.15. The maximum absolute atomic E-state index is 5.30. The van der Waals surface area contributed by atoms with Gasteiger partial charge in [-0.2, -0.15) is 5.10 Å². The van der Waals surface area contributed by atoms with Crippen LogP contribution in [-0.2, 0) is 13.6 Å². The fourth-order valence-electron chi connectivity index (χ4n) is 2.84. The first-order valence-corrected chi connectivity index (χ1v) is 7.31. The van der Waals surface area contributed by atoms with Gasteiger partial charge in [-0.05, 0) is 44.9 Å². The number of benzene rings is 1. The van der Waals surface area contributed by atoms with Crippen LogP contribution in [0.4, 0.5) is 0 Å². The molecule has 0 spiro atoms. The molecular weight excluding hydrogens is 262 g/mol. The van der Waals surface area contributed by atoms with Gasteiger partial charge in [-0.25, -0.2) is 0 Å². The van der Waals surface area contributed by atoms with Crippen molar-refractivity contribution in [2.45, 2.75) is 40.3 Å². The Labute approximate surface area is 127 Å². The highest BCUT2D eigenvalue weighted by Crippen LogP contribution is 2.22. The number of hydrogen-bond donors (Lipinski definition) is 1. The van der Waals surface area contributed by atoms with Crippen LogP contribution in [0.3, 0.4) is 0 Å². The van der Waals surface area contributed by atoms with Crippen molar-refractivity contribution in [2.24, 2.45) is 7.05 Å². The fourth-order valence-corrected chi connectivity index (χ4v) is 2.84. The molecule has 0 radical (unpaired) electrons. The Hall–Kier alpha value is -1.81. The molecule has 2 aromatic rings. The van der Waals surface area contributed by atoms with E-state index in [-0.39, 0.29) is 6.04 Å². The molecular formula is C17H25N3O. The van der Waals surface area contributed by atoms with Crippen molar-refractivity contribution < 1.29 is 4.74 Å². The minimum Gasteiger partial charge on any atom is -0.496 e. The summed E-state index contributed by atoms with van der Waals surface area (Å²) in [5.41, 5.74) is 6.04. The first kappa shape index (κ1) is 15.6. The smallest absolute Gasteiger partial charge is 0.121 e. The molecule has 1 N–H and O–H groups in total. The highest BCUT2D eigenvalue weighted by atomic mass is 16.5. The van der Waals surface area contributed by atoms with Crippen molar-refractivity contribution >= 4 is 0 Å². The monoisotopic (exact) mass is 287 g/mol. The number of methoxy groups -OCH3 is 1. The van der Waals surface area contributed by atoms with E-state index in [4.69, 9.17) is 4.74 Å². The van der Waals surface area contributed by atoms with E-state index in [2.05, 4.69) is 50.2 Å². The highest BCUT2D eigenvalue weighted by molar-refractivity contribution is 5.36. The highest BCUT2D eigenvalue weighted by Gasteiger charge is 2.15. The van der Waals surface area contributed by atoms with Gasteiger partial charge < -0.3 is 10.1 Å². The second-order valence-corrected chi connectivity index (χ2v) is 5.61. The third-order valence-corrected chi connectivity index (χ3v) is 4.07. The predicted octanol–water partition coefficient (Wildman–Crippen LogP) is 3.20. The topological polar surface area (TPSA) is 39.1 Å². The van der Waals surface area contributed by atoms with Crippen molar-refractivity contribution in [3.63, 3.8) is 0 Å². The molecule has 1 heterocycles. The Morgan fingerprint density at radius 1 is 1.29 bits per heavy atom. The lowest BCUT2D eigenvalue weighted by molar-refractivity contribution is 0.411. The number of nitrogens with one attached hydrogen (secondary N) is 1. The average molecular weight is 287 g/mol. The third-order valence-electron chi connectivity index (χ3n) is 4.07. The number of aryl methyl sites for hydroxylation is 3. The molecule has 2 rings (SSSR count). The molecule has 21 heavy (non-hydrogen) atoms. The summed E-state index contributed by atoms with van der Waals surface area (Å²) in [5, 5.41) is 8.06. The van der Waals surface area contributed by atoms with Crippen molar-refractivity contribution in [2.75, 3.05) is 7.11 Å². The maximum Gasteiger partial charge on any atom is 0.121 e. The second kappa shape index (κ2) is 6.31. The first-order valence-electron chi connectivity index (χ1n) is 7.31. The standard InChI is InChI=1S/C17H25N3O/c1-11-9-15(7-8-16(11)21-6)10-18-12(2)17-13(3)19-20(5)14(17)4/h7-9,12,18H,10H2,1-6H3/t12-/m1/s1. The molecule has 0 aliphatic carbocycles. The third kappa shape index (κ3) is 3.27. The lowest BCUT2D eigenvalue weighted by Crippen LogP contribution is -2.19. The van der Waals surface area contributed by atoms with Crippen LogP contribution < -0.4 is 10.1 Å². The normalized spacial score (nSPS) is 12.5. The molecule has 0 aliphatic heterocycles. The summed E-state index contributed by atoms with van der Waals surface area (Å²) in [5.74, 6) is 0.936. The van der Waals surface area contributed by atoms with E-state index in [0.29, 0.717) is 0 Å². The Bertz CT molecular complexity index is 631. The lowest BCUT2D eigenvalue weighted by atomic mass is 10.1. The number of rotatable bonds is 5. The molecule has 0 aliphatic rings. The molecule has 4 heteroatoms. The predicted molar refractivity (Wildman–Crippen MR) is 85.7 cm³/mol. The van der Waals surface area contributed by atoms with Crippen LogP contribution in [0, 0.1) is 20.8 Å². The summed E-state index contributed by atoms with van der Waals surface area (Å²) in [7, 11) is 3.70. The number of aromatic nitrogens is 2. The van der Waals surface area contributed by atoms with Crippen LogP contribution in [-0.4, -0.2) is 16.9 Å². The van der Waals surface area contributed by atoms with E-state index in [0.717, 1.165) is 23.6 Å². The number of hydrogen-bond acceptors (Lipinski definition) is 3. The van der Waals surface area contributed by atoms with E-state index in [1.54, 1.807) is 7.11 Å². The van der Waals surface area contributed by atoms with Crippen LogP contribution in [0.1, 0.15) is 41.0 Å². The van der Waals surface area contributed by atoms with Crippen molar-refractivity contribution in [1.82, 2.24) is 15.1 Å². The van der Waals surface area contributed by atoms with Gasteiger partial charge in [0.05, 0.1) is 12.8 Å². The molecule has 0 saturated heterocycles. The second-order valence-electron chi connectivity index (χ2n) is 5.61. The van der Waals surface area contributed by atoms with Gasteiger partial charge in [-0.3, -0.25) is 4.68 Å². The van der Waals surface area contributed by atoms with Gasteiger partial charge in [0, 0.05) is 30.9 Å². The van der Waals surface area contributed by atoms with Crippen LogP contribution in [0.5, 0.6) is 5.75 Å². The number of nitrogens with zero attached hydrogens (tertiary/aromatic N) is 2. The summed E-state index contributed by atoms with van der Waals surface area (Å²) in [4.78, 5) is 0. The van der Waals surface area contributed by atoms with Gasteiger partial charge in [0.1, 0.15) is 5.75 Å². The van der Waals surface area contributed by atoms with Gasteiger partial charge >= 0.3 is 0 Å². The zero-order chi connectivity index (χ0) is 15.6. The molecule has 0 fully saturated rings. The van der Waals surface area contributed by atoms with Crippen LogP contribution >= 0.6 is 0 Å². The first-order chi connectivity index (χ1) is 9.93. The van der Waals surface area contributed by atoms with Crippen molar-refractivity contribution in [3.8, 4) is 5.75 Å². The van der Waals surface area contributed by atoms with E-state index >= 15 is 0 Å². The van der Waals surface area contributed by atoms with Crippen molar-refractivity contribution in [3.05, 3.63) is 46.3 Å². The minimum atomic E-state index is 0.279. The van der Waals surface area contributed by atoms with E-state index < -0.39 is 0 Å². The molecule has 0 unspecified atom stereocenters. The average Bonchev–Trinajstić information content (AvgIpc) is 2.70. The summed E-state index contributed by atoms with van der Waals surface area (Å²) in [6.45, 7) is 9.28. The van der Waals surface area contributed by atoms with Gasteiger partial charge in [-0.15, -0.1) is 0 Å². The Balaban J connectivity index is 2.07. The number of ether oxygens (including phenoxy) is 1. The minimum absolute atomic E-state index is 0.279. The molecule has 0 saturated carbocycles. The molecule has 0 amide bonds. The summed E-state index contributed by atoms with van der Waals surface area (Å²) in [6, 6.07) is 6.58. The summed E-state index contributed by atoms with van der Waals surface area (Å²) >= 11 is 0. The van der Waals surface area contributed by atoms with Gasteiger partial charge in [0.2, 0.25) is 0 Å². The summed E-state index contributed by atoms with van der Waals surface area (Å²) < 4.78 is 7.24. The largest absolute Gasteiger partial charge is 0.496 e. The maximum atomic E-state index is 5.30. The zero-order valence-corrected chi connectivity index (χ0v) is 13.8. The van der Waals surface area contributed by atoms with Gasteiger partial charge in [0.15, 0.2) is 0 Å². The molecule has 1 aromatic heterocycles. The molecule has 1 aromatic carbocycles. The molecule has 114 valence electrons. The fraction of sp³-hybridized carbons (Fsp3) is 0.471. The van der Waals surface area contributed by atoms with Gasteiger partial charge in [0.25, 0.3) is 0 Å². The Morgan fingerprint density at radius 2 is 2.00 bits per heavy atom. The quantitative estimate of drug-likeness (QED) is 0.918. The molecule has 4 nitrogen and oxygen atoms in total. The van der Waals surface area contributed by atoms with E-state index in [1.165, 1.54) is 16.8 Å².